The highest BCUT2D eigenvalue weighted by molar-refractivity contribution is 5.89. The molecule has 0 aromatic carbocycles. The lowest BCUT2D eigenvalue weighted by molar-refractivity contribution is -0.141. The fourth-order valence-electron chi connectivity index (χ4n) is 3.54. The monoisotopic (exact) mass is 270 g/mol. The summed E-state index contributed by atoms with van der Waals surface area (Å²) in [5, 5.41) is 0. The van der Waals surface area contributed by atoms with Crippen molar-refractivity contribution in [1.29, 1.82) is 0 Å². The van der Waals surface area contributed by atoms with Crippen LogP contribution in [0.25, 0.3) is 0 Å². The SMILES string of the molecule is COC(C)(C)CC(C)(C)C(=O)C(C)(C)CC(C)(C)C. The Labute approximate surface area is 120 Å². The van der Waals surface area contributed by atoms with E-state index in [1.165, 1.54) is 0 Å². The summed E-state index contributed by atoms with van der Waals surface area (Å²) in [6.45, 7) is 18.9. The fraction of sp³-hybridized carbons (Fsp3) is 0.941. The Kier molecular flexibility index (Phi) is 5.45. The van der Waals surface area contributed by atoms with E-state index < -0.39 is 0 Å². The van der Waals surface area contributed by atoms with E-state index in [-0.39, 0.29) is 21.8 Å². The van der Waals surface area contributed by atoms with Crippen molar-refractivity contribution in [3.05, 3.63) is 0 Å². The summed E-state index contributed by atoms with van der Waals surface area (Å²) in [5.74, 6) is 0.333. The number of hydrogen-bond acceptors (Lipinski definition) is 2. The number of methoxy groups -OCH3 is 1. The van der Waals surface area contributed by atoms with Crippen molar-refractivity contribution in [2.24, 2.45) is 16.2 Å². The van der Waals surface area contributed by atoms with Gasteiger partial charge in [-0.15, -0.1) is 0 Å². The van der Waals surface area contributed by atoms with E-state index >= 15 is 0 Å². The summed E-state index contributed by atoms with van der Waals surface area (Å²) in [4.78, 5) is 12.9. The van der Waals surface area contributed by atoms with Crippen molar-refractivity contribution in [3.8, 4) is 0 Å². The zero-order valence-corrected chi connectivity index (χ0v) is 14.7. The highest BCUT2D eigenvalue weighted by Crippen LogP contribution is 2.42. The molecule has 0 atom stereocenters. The second-order valence-corrected chi connectivity index (χ2v) is 8.97. The molecular weight excluding hydrogens is 236 g/mol. The number of ketones is 1. The first-order chi connectivity index (χ1) is 8.13. The van der Waals surface area contributed by atoms with Crippen LogP contribution in [-0.2, 0) is 9.53 Å². The quantitative estimate of drug-likeness (QED) is 0.689. The molecule has 0 aromatic rings. The molecule has 0 spiro atoms. The summed E-state index contributed by atoms with van der Waals surface area (Å²) >= 11 is 0. The highest BCUT2D eigenvalue weighted by atomic mass is 16.5. The average molecular weight is 270 g/mol. The molecule has 0 saturated carbocycles. The lowest BCUT2D eigenvalue weighted by Gasteiger charge is -2.40. The third-order valence-corrected chi connectivity index (χ3v) is 3.62. The number of carbonyl (C=O) groups excluding carboxylic acids is 1. The van der Waals surface area contributed by atoms with E-state index in [4.69, 9.17) is 4.74 Å². The van der Waals surface area contributed by atoms with Gasteiger partial charge in [-0.1, -0.05) is 48.5 Å². The molecule has 0 aliphatic carbocycles. The maximum absolute atomic E-state index is 12.9. The minimum absolute atomic E-state index is 0.159. The van der Waals surface area contributed by atoms with Crippen LogP contribution < -0.4 is 0 Å². The molecule has 0 fully saturated rings. The van der Waals surface area contributed by atoms with Gasteiger partial charge in [0.2, 0.25) is 0 Å². The molecule has 0 radical (unpaired) electrons. The van der Waals surface area contributed by atoms with Crippen molar-refractivity contribution in [2.75, 3.05) is 7.11 Å². The molecule has 0 N–H and O–H groups in total. The summed E-state index contributed by atoms with van der Waals surface area (Å²) in [6.07, 6.45) is 1.64. The van der Waals surface area contributed by atoms with E-state index in [0.717, 1.165) is 12.8 Å². The molecule has 0 bridgehead atoms. The molecule has 2 heteroatoms. The Bertz CT molecular complexity index is 317. The standard InChI is InChI=1S/C17H34O2/c1-14(2,3)11-15(4,5)13(18)16(6,7)12-17(8,9)19-10/h11-12H2,1-10H3. The molecule has 0 unspecified atom stereocenters. The van der Waals surface area contributed by atoms with E-state index in [1.54, 1.807) is 7.11 Å². The number of ether oxygens (including phenoxy) is 1. The van der Waals surface area contributed by atoms with Gasteiger partial charge >= 0.3 is 0 Å². The first kappa shape index (κ1) is 18.6. The van der Waals surface area contributed by atoms with Crippen molar-refractivity contribution in [2.45, 2.75) is 80.8 Å². The highest BCUT2D eigenvalue weighted by Gasteiger charge is 2.43. The third-order valence-electron chi connectivity index (χ3n) is 3.62. The minimum atomic E-state index is -0.367. The second-order valence-electron chi connectivity index (χ2n) is 8.97. The molecule has 0 heterocycles. The van der Waals surface area contributed by atoms with Gasteiger partial charge in [0.05, 0.1) is 5.60 Å². The maximum atomic E-state index is 12.9. The number of Topliss-reactive ketones (excluding diaryl/α,β-unsaturated/α-hetero) is 1. The van der Waals surface area contributed by atoms with Gasteiger partial charge in [0.25, 0.3) is 0 Å². The van der Waals surface area contributed by atoms with Crippen LogP contribution in [0.1, 0.15) is 75.2 Å². The fourth-order valence-corrected chi connectivity index (χ4v) is 3.54. The van der Waals surface area contributed by atoms with Crippen molar-refractivity contribution >= 4 is 5.78 Å². The zero-order chi connectivity index (χ0) is 15.7. The van der Waals surface area contributed by atoms with Gasteiger partial charge in [-0.3, -0.25) is 4.79 Å². The lowest BCUT2D eigenvalue weighted by atomic mass is 9.64. The number of carbonyl (C=O) groups is 1. The normalized spacial score (nSPS) is 14.6. The Morgan fingerprint density at radius 3 is 1.47 bits per heavy atom. The summed E-state index contributed by atoms with van der Waals surface area (Å²) in [5.41, 5.74) is -0.775. The van der Waals surface area contributed by atoms with Crippen LogP contribution in [0.5, 0.6) is 0 Å². The van der Waals surface area contributed by atoms with Gasteiger partial charge in [-0.2, -0.15) is 0 Å². The molecule has 0 aliphatic heterocycles. The molecule has 0 saturated heterocycles. The van der Waals surface area contributed by atoms with Crippen molar-refractivity contribution in [3.63, 3.8) is 0 Å². The topological polar surface area (TPSA) is 26.3 Å². The molecular formula is C17H34O2. The van der Waals surface area contributed by atoms with Crippen molar-refractivity contribution < 1.29 is 9.53 Å². The molecule has 0 amide bonds. The summed E-state index contributed by atoms with van der Waals surface area (Å²) < 4.78 is 5.49. The van der Waals surface area contributed by atoms with E-state index in [9.17, 15) is 4.79 Å². The van der Waals surface area contributed by atoms with Gasteiger partial charge in [0, 0.05) is 17.9 Å². The van der Waals surface area contributed by atoms with Gasteiger partial charge in [-0.05, 0) is 32.1 Å². The first-order valence-corrected chi connectivity index (χ1v) is 7.23. The van der Waals surface area contributed by atoms with Crippen LogP contribution in [0, 0.1) is 16.2 Å². The molecule has 0 aliphatic rings. The van der Waals surface area contributed by atoms with Crippen LogP contribution in [0.3, 0.4) is 0 Å². The molecule has 0 rings (SSSR count). The Morgan fingerprint density at radius 2 is 1.16 bits per heavy atom. The summed E-state index contributed by atoms with van der Waals surface area (Å²) in [6, 6.07) is 0. The Hall–Kier alpha value is -0.370. The predicted octanol–water partition coefficient (Wildman–Crippen LogP) is 4.86. The van der Waals surface area contributed by atoms with Crippen molar-refractivity contribution in [1.82, 2.24) is 0 Å². The smallest absolute Gasteiger partial charge is 0.144 e. The first-order valence-electron chi connectivity index (χ1n) is 7.23. The molecule has 19 heavy (non-hydrogen) atoms. The average Bonchev–Trinajstić information content (AvgIpc) is 2.11. The second kappa shape index (κ2) is 5.55. The number of rotatable bonds is 6. The third kappa shape index (κ3) is 6.07. The Balaban J connectivity index is 5.07. The van der Waals surface area contributed by atoms with E-state index in [2.05, 4.69) is 34.6 Å². The van der Waals surface area contributed by atoms with Crippen LogP contribution >= 0.6 is 0 Å². The zero-order valence-electron chi connectivity index (χ0n) is 14.7. The maximum Gasteiger partial charge on any atom is 0.144 e. The molecule has 114 valence electrons. The number of hydrogen-bond donors (Lipinski definition) is 0. The van der Waals surface area contributed by atoms with Gasteiger partial charge in [0.1, 0.15) is 5.78 Å². The summed E-state index contributed by atoms with van der Waals surface area (Å²) in [7, 11) is 1.71. The molecule has 0 aromatic heterocycles. The van der Waals surface area contributed by atoms with E-state index in [0.29, 0.717) is 5.78 Å². The molecule has 2 nitrogen and oxygen atoms in total. The Morgan fingerprint density at radius 1 is 0.789 bits per heavy atom. The van der Waals surface area contributed by atoms with Gasteiger partial charge in [-0.25, -0.2) is 0 Å². The van der Waals surface area contributed by atoms with Crippen LogP contribution in [0.2, 0.25) is 0 Å². The van der Waals surface area contributed by atoms with Crippen LogP contribution in [0.4, 0.5) is 0 Å². The predicted molar refractivity (Wildman–Crippen MR) is 82.3 cm³/mol. The van der Waals surface area contributed by atoms with Crippen LogP contribution in [0.15, 0.2) is 0 Å². The van der Waals surface area contributed by atoms with E-state index in [1.807, 2.05) is 27.7 Å². The largest absolute Gasteiger partial charge is 0.379 e. The van der Waals surface area contributed by atoms with Gasteiger partial charge < -0.3 is 4.74 Å². The van der Waals surface area contributed by atoms with Gasteiger partial charge in [0.15, 0.2) is 0 Å². The minimum Gasteiger partial charge on any atom is -0.379 e. The lowest BCUT2D eigenvalue weighted by Crippen LogP contribution is -2.43. The van der Waals surface area contributed by atoms with Crippen LogP contribution in [-0.4, -0.2) is 18.5 Å².